The lowest BCUT2D eigenvalue weighted by Crippen LogP contribution is -2.59. The van der Waals surface area contributed by atoms with Crippen LogP contribution in [0.2, 0.25) is 0 Å². The van der Waals surface area contributed by atoms with Gasteiger partial charge < -0.3 is 55.7 Å². The average molecular weight is 891 g/mol. The minimum atomic E-state index is -1.30. The topological polar surface area (TPSA) is 294 Å². The van der Waals surface area contributed by atoms with Gasteiger partial charge in [0, 0.05) is 49.0 Å². The third-order valence-electron chi connectivity index (χ3n) is 9.60. The number of aliphatic carboxylic acids is 5. The first kappa shape index (κ1) is 50.4. The maximum absolute atomic E-state index is 12.2. The van der Waals surface area contributed by atoms with Crippen molar-refractivity contribution in [1.29, 1.82) is 0 Å². The molecule has 8 N–H and O–H groups in total. The van der Waals surface area contributed by atoms with Crippen molar-refractivity contribution in [3.05, 3.63) is 59.7 Å². The zero-order chi connectivity index (χ0) is 45.6. The van der Waals surface area contributed by atoms with Gasteiger partial charge in [-0.05, 0) is 80.4 Å². The van der Waals surface area contributed by atoms with Crippen molar-refractivity contribution < 1.29 is 73.3 Å². The van der Waals surface area contributed by atoms with E-state index in [0.717, 1.165) is 0 Å². The molecule has 1 fully saturated rings. The number of carbonyl (C=O) groups is 7. The second kappa shape index (κ2) is 26.4. The minimum Gasteiger partial charge on any atom is -0.480 e. The van der Waals surface area contributed by atoms with Crippen molar-refractivity contribution in [2.75, 3.05) is 77.5 Å². The van der Waals surface area contributed by atoms with Gasteiger partial charge in [-0.3, -0.25) is 43.5 Å². The van der Waals surface area contributed by atoms with Crippen LogP contribution < -0.4 is 20.7 Å². The van der Waals surface area contributed by atoms with Gasteiger partial charge in [0.05, 0.1) is 45.9 Å². The fraction of sp³-hybridized carbons (Fsp3) is 0.500. The quantitative estimate of drug-likeness (QED) is 0.0273. The normalized spacial score (nSPS) is 15.4. The highest BCUT2D eigenvalue weighted by atomic mass is 32.1. The highest BCUT2D eigenvalue weighted by Crippen LogP contribution is 2.29. The Bertz CT molecular complexity index is 1800. The van der Waals surface area contributed by atoms with Crippen LogP contribution >= 0.6 is 12.2 Å². The van der Waals surface area contributed by atoms with Crippen LogP contribution in [0.3, 0.4) is 0 Å². The molecule has 21 nitrogen and oxygen atoms in total. The first-order valence-corrected chi connectivity index (χ1v) is 20.2. The van der Waals surface area contributed by atoms with Gasteiger partial charge in [0.25, 0.3) is 5.91 Å². The van der Waals surface area contributed by atoms with Crippen LogP contribution in [-0.4, -0.2) is 178 Å². The average Bonchev–Trinajstić information content (AvgIpc) is 3.19. The van der Waals surface area contributed by atoms with Crippen molar-refractivity contribution in [2.24, 2.45) is 0 Å². The molecule has 2 aromatic rings. The Labute approximate surface area is 362 Å². The van der Waals surface area contributed by atoms with Gasteiger partial charge in [0.1, 0.15) is 12.4 Å². The van der Waals surface area contributed by atoms with E-state index in [-0.39, 0.29) is 49.6 Å². The smallest absolute Gasteiger partial charge is 0.480 e. The SMILES string of the molecule is CCNC(=O)c1ccc(OC(=O)OCCOCCNC(=S)Nc2ccc(C[C@@H](CN(CC(=O)O)[C@@H]3CCCC[C@H]3N(CC(=O)O)CC(=O)O)N(CC(=O)O)CC(=O)O)cc2)cc1. The van der Waals surface area contributed by atoms with Gasteiger partial charge >= 0.3 is 36.0 Å². The maximum atomic E-state index is 12.2. The predicted molar refractivity (Wildman–Crippen MR) is 224 cm³/mol. The molecule has 1 saturated carbocycles. The van der Waals surface area contributed by atoms with E-state index >= 15 is 0 Å². The maximum Gasteiger partial charge on any atom is 0.513 e. The van der Waals surface area contributed by atoms with E-state index in [0.29, 0.717) is 55.6 Å². The number of hydrogen-bond acceptors (Lipinski definition) is 14. The van der Waals surface area contributed by atoms with Crippen molar-refractivity contribution >= 4 is 64.9 Å². The van der Waals surface area contributed by atoms with Gasteiger partial charge in [-0.15, -0.1) is 0 Å². The van der Waals surface area contributed by atoms with E-state index < -0.39 is 86.9 Å². The number of benzene rings is 2. The lowest BCUT2D eigenvalue weighted by Gasteiger charge is -2.45. The Morgan fingerprint density at radius 3 is 1.81 bits per heavy atom. The molecular formula is C40H54N6O15S. The number of rotatable bonds is 27. The number of amides is 1. The molecule has 340 valence electrons. The zero-order valence-corrected chi connectivity index (χ0v) is 35.0. The van der Waals surface area contributed by atoms with E-state index in [9.17, 15) is 59.1 Å². The molecule has 1 aliphatic rings. The van der Waals surface area contributed by atoms with Crippen molar-refractivity contribution in [3.8, 4) is 5.75 Å². The fourth-order valence-corrected chi connectivity index (χ4v) is 7.29. The molecule has 1 aliphatic carbocycles. The number of ether oxygens (including phenoxy) is 3. The number of nitrogens with zero attached hydrogens (tertiary/aromatic N) is 3. The summed E-state index contributed by atoms with van der Waals surface area (Å²) in [6.45, 7) is -0.389. The number of thiocarbonyl (C=S) groups is 1. The first-order valence-electron chi connectivity index (χ1n) is 19.8. The van der Waals surface area contributed by atoms with Crippen LogP contribution in [0.25, 0.3) is 0 Å². The van der Waals surface area contributed by atoms with Gasteiger partial charge in [0.2, 0.25) is 0 Å². The first-order chi connectivity index (χ1) is 29.5. The second-order valence-corrected chi connectivity index (χ2v) is 14.7. The van der Waals surface area contributed by atoms with Crippen molar-refractivity contribution in [1.82, 2.24) is 25.3 Å². The van der Waals surface area contributed by atoms with Crippen LogP contribution in [0.4, 0.5) is 10.5 Å². The van der Waals surface area contributed by atoms with Crippen LogP contribution in [0.5, 0.6) is 5.75 Å². The number of hydrogen-bond donors (Lipinski definition) is 8. The van der Waals surface area contributed by atoms with Crippen LogP contribution in [-0.2, 0) is 39.9 Å². The summed E-state index contributed by atoms with van der Waals surface area (Å²) >= 11 is 5.38. The van der Waals surface area contributed by atoms with E-state index in [4.69, 9.17) is 26.4 Å². The Morgan fingerprint density at radius 2 is 1.26 bits per heavy atom. The molecule has 3 rings (SSSR count). The van der Waals surface area contributed by atoms with Crippen molar-refractivity contribution in [3.63, 3.8) is 0 Å². The molecule has 0 unspecified atom stereocenters. The summed E-state index contributed by atoms with van der Waals surface area (Å²) in [5.41, 5.74) is 1.66. The Balaban J connectivity index is 1.59. The van der Waals surface area contributed by atoms with Gasteiger partial charge in [-0.1, -0.05) is 25.0 Å². The van der Waals surface area contributed by atoms with Crippen molar-refractivity contribution in [2.45, 2.75) is 57.2 Å². The second-order valence-electron chi connectivity index (χ2n) is 14.3. The molecule has 0 aromatic heterocycles. The molecule has 0 bridgehead atoms. The summed E-state index contributed by atoms with van der Waals surface area (Å²) in [6, 6.07) is 10.7. The molecule has 1 amide bonds. The number of carboxylic acid groups (broad SMARTS) is 5. The van der Waals surface area contributed by atoms with Crippen LogP contribution in [0.1, 0.15) is 48.5 Å². The number of anilines is 1. The highest BCUT2D eigenvalue weighted by molar-refractivity contribution is 7.80. The molecule has 0 heterocycles. The fourth-order valence-electron chi connectivity index (χ4n) is 7.07. The Kier molecular flexibility index (Phi) is 21.5. The summed E-state index contributed by atoms with van der Waals surface area (Å²) in [5, 5.41) is 57.5. The summed E-state index contributed by atoms with van der Waals surface area (Å²) in [5.74, 6) is -6.37. The van der Waals surface area contributed by atoms with Gasteiger partial charge in [0.15, 0.2) is 5.11 Å². The molecule has 0 radical (unpaired) electrons. The number of carbonyl (C=O) groups excluding carboxylic acids is 2. The lowest BCUT2D eigenvalue weighted by molar-refractivity contribution is -0.146. The summed E-state index contributed by atoms with van der Waals surface area (Å²) in [7, 11) is 0. The zero-order valence-electron chi connectivity index (χ0n) is 34.2. The third-order valence-corrected chi connectivity index (χ3v) is 9.85. The predicted octanol–water partition coefficient (Wildman–Crippen LogP) is 1.51. The van der Waals surface area contributed by atoms with E-state index in [1.807, 2.05) is 0 Å². The van der Waals surface area contributed by atoms with Crippen LogP contribution in [0, 0.1) is 0 Å². The lowest BCUT2D eigenvalue weighted by atomic mass is 9.87. The van der Waals surface area contributed by atoms with Gasteiger partial charge in [-0.2, -0.15) is 0 Å². The molecule has 62 heavy (non-hydrogen) atoms. The number of carboxylic acids is 5. The molecule has 0 aliphatic heterocycles. The van der Waals surface area contributed by atoms with Crippen LogP contribution in [0.15, 0.2) is 48.5 Å². The summed E-state index contributed by atoms with van der Waals surface area (Å²) < 4.78 is 15.6. The largest absolute Gasteiger partial charge is 0.513 e. The molecular weight excluding hydrogens is 837 g/mol. The van der Waals surface area contributed by atoms with Gasteiger partial charge in [-0.25, -0.2) is 4.79 Å². The summed E-state index contributed by atoms with van der Waals surface area (Å²) in [4.78, 5) is 87.4. The molecule has 22 heteroatoms. The van der Waals surface area contributed by atoms with E-state index in [2.05, 4.69) is 16.0 Å². The Morgan fingerprint density at radius 1 is 0.710 bits per heavy atom. The molecule has 2 aromatic carbocycles. The monoisotopic (exact) mass is 890 g/mol. The standard InChI is InChI=1S/C40H54N6O15S/c1-2-41-38(57)27-9-13-30(14-10-27)61-40(58)60-18-17-59-16-15-42-39(62)43-28-11-7-26(8-12-28)19-29(44(21-33(47)48)22-34(49)50)20-45(23-35(51)52)31-5-3-4-6-32(31)46(24-36(53)54)25-37(55)56/h7-14,29,31-32H,2-6,15-25H2,1H3,(H,41,57)(H,47,48)(H,49,50)(H,51,52)(H,53,54)(H,55,56)(H2,42,43,62)/t29-,31+,32+/m0/s1. The molecule has 0 spiro atoms. The molecule has 0 saturated heterocycles. The van der Waals surface area contributed by atoms with E-state index in [1.165, 1.54) is 34.1 Å². The third kappa shape index (κ3) is 18.8. The Hall–Kier alpha value is -5.94. The number of nitrogens with one attached hydrogen (secondary N) is 3. The minimum absolute atomic E-state index is 0.0764. The molecule has 3 atom stereocenters. The summed E-state index contributed by atoms with van der Waals surface area (Å²) in [6.07, 6.45) is 1.26. The van der Waals surface area contributed by atoms with E-state index in [1.54, 1.807) is 36.1 Å². The highest BCUT2D eigenvalue weighted by Gasteiger charge is 2.38.